The molecule has 0 spiro atoms. The topological polar surface area (TPSA) is 50.1 Å². The van der Waals surface area contributed by atoms with Crippen LogP contribution in [0.15, 0.2) is 66.7 Å². The molecule has 0 bridgehead atoms. The molecule has 0 N–H and O–H groups in total. The van der Waals surface area contributed by atoms with Crippen LogP contribution in [0.4, 0.5) is 0 Å². The van der Waals surface area contributed by atoms with Crippen LogP contribution in [0.5, 0.6) is 5.75 Å². The van der Waals surface area contributed by atoms with Gasteiger partial charge in [-0.2, -0.15) is 5.26 Å². The molecule has 3 nitrogen and oxygen atoms in total. The van der Waals surface area contributed by atoms with Gasteiger partial charge in [-0.25, -0.2) is 0 Å². The van der Waals surface area contributed by atoms with E-state index >= 15 is 0 Å². The summed E-state index contributed by atoms with van der Waals surface area (Å²) in [5.74, 6) is 0.0516. The average Bonchev–Trinajstić information content (AvgIpc) is 2.55. The molecule has 0 fully saturated rings. The molecule has 0 unspecified atom stereocenters. The molecule has 0 radical (unpaired) electrons. The highest BCUT2D eigenvalue weighted by molar-refractivity contribution is 5.89. The Labute approximate surface area is 128 Å². The van der Waals surface area contributed by atoms with Gasteiger partial charge in [0.05, 0.1) is 18.1 Å². The molecule has 0 amide bonds. The van der Waals surface area contributed by atoms with Crippen molar-refractivity contribution >= 4 is 16.7 Å². The normalized spacial score (nSPS) is 10.1. The Morgan fingerprint density at radius 2 is 1.77 bits per heavy atom. The summed E-state index contributed by atoms with van der Waals surface area (Å²) < 4.78 is 5.32. The van der Waals surface area contributed by atoms with Crippen LogP contribution in [0, 0.1) is 11.3 Å². The Hall–Kier alpha value is -3.12. The van der Waals surface area contributed by atoms with Crippen molar-refractivity contribution in [1.82, 2.24) is 0 Å². The highest BCUT2D eigenvalue weighted by atomic mass is 16.5. The van der Waals surface area contributed by atoms with E-state index in [1.54, 1.807) is 24.3 Å². The van der Waals surface area contributed by atoms with Crippen molar-refractivity contribution in [3.63, 3.8) is 0 Å². The van der Waals surface area contributed by atoms with Gasteiger partial charge in [0.2, 0.25) is 0 Å². The van der Waals surface area contributed by atoms with Gasteiger partial charge in [-0.3, -0.25) is 4.79 Å². The minimum absolute atomic E-state index is 0.193. The van der Waals surface area contributed by atoms with Crippen LogP contribution >= 0.6 is 0 Å². The summed E-state index contributed by atoms with van der Waals surface area (Å²) in [5, 5.41) is 11.0. The van der Waals surface area contributed by atoms with Gasteiger partial charge in [0.1, 0.15) is 5.75 Å². The van der Waals surface area contributed by atoms with Crippen LogP contribution in [-0.4, -0.2) is 5.97 Å². The van der Waals surface area contributed by atoms with Crippen molar-refractivity contribution in [1.29, 1.82) is 5.26 Å². The van der Waals surface area contributed by atoms with Gasteiger partial charge in [0.15, 0.2) is 0 Å². The maximum Gasteiger partial charge on any atom is 0.315 e. The van der Waals surface area contributed by atoms with E-state index < -0.39 is 0 Å². The summed E-state index contributed by atoms with van der Waals surface area (Å²) in [5.41, 5.74) is 1.40. The third-order valence-electron chi connectivity index (χ3n) is 3.41. The zero-order valence-electron chi connectivity index (χ0n) is 11.8. The first kappa shape index (κ1) is 13.8. The maximum absolute atomic E-state index is 12.1. The Balaban J connectivity index is 1.80. The number of ether oxygens (including phenoxy) is 1. The first-order valence-corrected chi connectivity index (χ1v) is 6.94. The van der Waals surface area contributed by atoms with E-state index in [4.69, 9.17) is 10.00 Å². The van der Waals surface area contributed by atoms with Crippen LogP contribution in [0.1, 0.15) is 11.1 Å². The number of carbonyl (C=O) groups is 1. The molecular weight excluding hydrogens is 274 g/mol. The first-order chi connectivity index (χ1) is 10.8. The molecule has 0 heterocycles. The van der Waals surface area contributed by atoms with Crippen molar-refractivity contribution in [2.75, 3.05) is 0 Å². The van der Waals surface area contributed by atoms with E-state index in [0.29, 0.717) is 11.3 Å². The molecule has 3 aromatic rings. The second kappa shape index (κ2) is 6.11. The minimum atomic E-state index is -0.341. The minimum Gasteiger partial charge on any atom is -0.426 e. The lowest BCUT2D eigenvalue weighted by Gasteiger charge is -2.07. The quantitative estimate of drug-likeness (QED) is 0.543. The summed E-state index contributed by atoms with van der Waals surface area (Å²) in [6, 6.07) is 22.4. The molecule has 3 heteroatoms. The molecule has 0 aromatic heterocycles. The number of nitrogens with zero attached hydrogens (tertiary/aromatic N) is 1. The molecule has 22 heavy (non-hydrogen) atoms. The largest absolute Gasteiger partial charge is 0.426 e. The fraction of sp³-hybridized carbons (Fsp3) is 0.0526. The second-order valence-electron chi connectivity index (χ2n) is 4.93. The molecule has 3 aromatic carbocycles. The van der Waals surface area contributed by atoms with E-state index in [1.165, 1.54) is 0 Å². The highest BCUT2D eigenvalue weighted by Gasteiger charge is 2.09. The molecular formula is C19H13NO2. The van der Waals surface area contributed by atoms with E-state index in [1.807, 2.05) is 48.5 Å². The number of carbonyl (C=O) groups excluding carboxylic acids is 1. The lowest BCUT2D eigenvalue weighted by atomic mass is 10.0. The third kappa shape index (κ3) is 2.97. The van der Waals surface area contributed by atoms with Crippen molar-refractivity contribution in [2.24, 2.45) is 0 Å². The summed E-state index contributed by atoms with van der Waals surface area (Å²) in [6.45, 7) is 0. The third-order valence-corrected chi connectivity index (χ3v) is 3.41. The summed E-state index contributed by atoms with van der Waals surface area (Å²) >= 11 is 0. The van der Waals surface area contributed by atoms with Crippen molar-refractivity contribution in [3.05, 3.63) is 77.9 Å². The monoisotopic (exact) mass is 287 g/mol. The standard InChI is InChI=1S/C19H13NO2/c20-13-14-5-3-9-17(11-14)22-19(21)12-16-8-4-7-15-6-1-2-10-18(15)16/h1-11H,12H2. The predicted molar refractivity (Wildman–Crippen MR) is 84.4 cm³/mol. The van der Waals surface area contributed by atoms with Crippen LogP contribution in [0.2, 0.25) is 0 Å². The van der Waals surface area contributed by atoms with Gasteiger partial charge in [0.25, 0.3) is 0 Å². The Bertz CT molecular complexity index is 872. The van der Waals surface area contributed by atoms with Crippen molar-refractivity contribution in [2.45, 2.75) is 6.42 Å². The molecule has 3 rings (SSSR count). The number of hydrogen-bond donors (Lipinski definition) is 0. The van der Waals surface area contributed by atoms with Gasteiger partial charge < -0.3 is 4.74 Å². The number of benzene rings is 3. The molecule has 0 saturated heterocycles. The SMILES string of the molecule is N#Cc1cccc(OC(=O)Cc2cccc3ccccc23)c1. The molecule has 106 valence electrons. The Kier molecular flexibility index (Phi) is 3.84. The van der Waals surface area contributed by atoms with E-state index in [9.17, 15) is 4.79 Å². The highest BCUT2D eigenvalue weighted by Crippen LogP contribution is 2.20. The van der Waals surface area contributed by atoms with Gasteiger partial charge >= 0.3 is 5.97 Å². The Morgan fingerprint density at radius 3 is 2.64 bits per heavy atom. The summed E-state index contributed by atoms with van der Waals surface area (Å²) in [7, 11) is 0. The second-order valence-corrected chi connectivity index (χ2v) is 4.93. The van der Waals surface area contributed by atoms with Gasteiger partial charge in [0, 0.05) is 0 Å². The number of esters is 1. The first-order valence-electron chi connectivity index (χ1n) is 6.94. The number of hydrogen-bond acceptors (Lipinski definition) is 3. The van der Waals surface area contributed by atoms with Crippen molar-refractivity contribution < 1.29 is 9.53 Å². The average molecular weight is 287 g/mol. The van der Waals surface area contributed by atoms with Gasteiger partial charge in [-0.15, -0.1) is 0 Å². The smallest absolute Gasteiger partial charge is 0.315 e. The molecule has 0 saturated carbocycles. The van der Waals surface area contributed by atoms with Crippen LogP contribution < -0.4 is 4.74 Å². The van der Waals surface area contributed by atoms with Crippen LogP contribution in [0.25, 0.3) is 10.8 Å². The zero-order chi connectivity index (χ0) is 15.4. The van der Waals surface area contributed by atoms with Crippen LogP contribution in [-0.2, 0) is 11.2 Å². The van der Waals surface area contributed by atoms with E-state index in [0.717, 1.165) is 16.3 Å². The fourth-order valence-electron chi connectivity index (χ4n) is 2.40. The summed E-state index contributed by atoms with van der Waals surface area (Å²) in [4.78, 5) is 12.1. The molecule has 0 atom stereocenters. The number of nitriles is 1. The lowest BCUT2D eigenvalue weighted by molar-refractivity contribution is -0.133. The van der Waals surface area contributed by atoms with E-state index in [2.05, 4.69) is 0 Å². The summed E-state index contributed by atoms with van der Waals surface area (Å²) in [6.07, 6.45) is 0.193. The Morgan fingerprint density at radius 1 is 1.00 bits per heavy atom. The maximum atomic E-state index is 12.1. The zero-order valence-corrected chi connectivity index (χ0v) is 11.8. The van der Waals surface area contributed by atoms with Gasteiger partial charge in [-0.05, 0) is 34.5 Å². The van der Waals surface area contributed by atoms with Crippen molar-refractivity contribution in [3.8, 4) is 11.8 Å². The van der Waals surface area contributed by atoms with Gasteiger partial charge in [-0.1, -0.05) is 48.5 Å². The lowest BCUT2D eigenvalue weighted by Crippen LogP contribution is -2.11. The number of fused-ring (bicyclic) bond motifs is 1. The molecule has 0 aliphatic rings. The molecule has 0 aliphatic carbocycles. The fourth-order valence-corrected chi connectivity index (χ4v) is 2.40. The number of rotatable bonds is 3. The van der Waals surface area contributed by atoms with E-state index in [-0.39, 0.29) is 12.4 Å². The van der Waals surface area contributed by atoms with Crippen LogP contribution in [0.3, 0.4) is 0 Å². The predicted octanol–water partition coefficient (Wildman–Crippen LogP) is 3.86. The molecule has 0 aliphatic heterocycles.